The highest BCUT2D eigenvalue weighted by Crippen LogP contribution is 2.32. The van der Waals surface area contributed by atoms with Gasteiger partial charge in [0.2, 0.25) is 5.91 Å². The van der Waals surface area contributed by atoms with Crippen LogP contribution >= 0.6 is 0 Å². The van der Waals surface area contributed by atoms with E-state index in [-0.39, 0.29) is 23.6 Å². The third-order valence-corrected chi connectivity index (χ3v) is 4.84. The van der Waals surface area contributed by atoms with Crippen LogP contribution in [0.5, 0.6) is 5.75 Å². The number of rotatable bonds is 5. The molecule has 3 rings (SSSR count). The SMILES string of the molecule is NC1CCCC(C(=O)N(Cc2cccc(O)c2)CC2CC2)C1. The summed E-state index contributed by atoms with van der Waals surface area (Å²) in [4.78, 5) is 14.9. The first-order valence-corrected chi connectivity index (χ1v) is 8.44. The Balaban J connectivity index is 1.69. The second-order valence-corrected chi connectivity index (χ2v) is 6.96. The molecule has 2 aliphatic carbocycles. The molecule has 0 aromatic heterocycles. The molecule has 2 unspecified atom stereocenters. The second kappa shape index (κ2) is 6.69. The van der Waals surface area contributed by atoms with E-state index in [1.807, 2.05) is 17.0 Å². The quantitative estimate of drug-likeness (QED) is 0.878. The van der Waals surface area contributed by atoms with Gasteiger partial charge in [-0.15, -0.1) is 0 Å². The Morgan fingerprint density at radius 1 is 1.27 bits per heavy atom. The van der Waals surface area contributed by atoms with Gasteiger partial charge >= 0.3 is 0 Å². The first kappa shape index (κ1) is 15.3. The predicted molar refractivity (Wildman–Crippen MR) is 86.2 cm³/mol. The molecule has 2 fully saturated rings. The Morgan fingerprint density at radius 3 is 2.77 bits per heavy atom. The molecular formula is C18H26N2O2. The van der Waals surface area contributed by atoms with E-state index < -0.39 is 0 Å². The molecule has 4 heteroatoms. The second-order valence-electron chi connectivity index (χ2n) is 6.96. The lowest BCUT2D eigenvalue weighted by Gasteiger charge is -2.31. The van der Waals surface area contributed by atoms with Gasteiger partial charge in [0.15, 0.2) is 0 Å². The first-order chi connectivity index (χ1) is 10.6. The number of carbonyl (C=O) groups excluding carboxylic acids is 1. The number of benzene rings is 1. The van der Waals surface area contributed by atoms with Crippen LogP contribution in [0.25, 0.3) is 0 Å². The number of hydrogen-bond acceptors (Lipinski definition) is 3. The van der Waals surface area contributed by atoms with Crippen molar-refractivity contribution in [1.29, 1.82) is 0 Å². The number of aromatic hydroxyl groups is 1. The van der Waals surface area contributed by atoms with Gasteiger partial charge in [0.05, 0.1) is 0 Å². The largest absolute Gasteiger partial charge is 0.508 e. The van der Waals surface area contributed by atoms with Crippen molar-refractivity contribution in [2.45, 2.75) is 51.1 Å². The zero-order valence-electron chi connectivity index (χ0n) is 13.1. The van der Waals surface area contributed by atoms with Crippen LogP contribution in [0.1, 0.15) is 44.1 Å². The van der Waals surface area contributed by atoms with Crippen molar-refractivity contribution in [3.8, 4) is 5.75 Å². The van der Waals surface area contributed by atoms with Crippen LogP contribution < -0.4 is 5.73 Å². The van der Waals surface area contributed by atoms with E-state index in [9.17, 15) is 9.90 Å². The standard InChI is InChI=1S/C18H26N2O2/c19-16-5-2-4-15(10-16)18(22)20(11-13-7-8-13)12-14-3-1-6-17(21)9-14/h1,3,6,9,13,15-16,21H,2,4-5,7-8,10-12,19H2. The molecule has 0 radical (unpaired) electrons. The molecule has 22 heavy (non-hydrogen) atoms. The topological polar surface area (TPSA) is 66.6 Å². The van der Waals surface area contributed by atoms with Gasteiger partial charge in [-0.05, 0) is 55.7 Å². The van der Waals surface area contributed by atoms with Crippen LogP contribution in [0.4, 0.5) is 0 Å². The maximum absolute atomic E-state index is 12.9. The molecule has 1 amide bonds. The first-order valence-electron chi connectivity index (χ1n) is 8.44. The average Bonchev–Trinajstić information content (AvgIpc) is 3.30. The number of carbonyl (C=O) groups is 1. The fourth-order valence-electron chi connectivity index (χ4n) is 3.43. The Morgan fingerprint density at radius 2 is 2.09 bits per heavy atom. The molecule has 1 aromatic carbocycles. The Hall–Kier alpha value is -1.55. The van der Waals surface area contributed by atoms with Gasteiger partial charge in [0.1, 0.15) is 5.75 Å². The summed E-state index contributed by atoms with van der Waals surface area (Å²) in [5.41, 5.74) is 7.04. The van der Waals surface area contributed by atoms with Crippen LogP contribution in [0.3, 0.4) is 0 Å². The maximum atomic E-state index is 12.9. The van der Waals surface area contributed by atoms with Crippen molar-refractivity contribution in [3.05, 3.63) is 29.8 Å². The third-order valence-electron chi connectivity index (χ3n) is 4.84. The number of nitrogens with zero attached hydrogens (tertiary/aromatic N) is 1. The van der Waals surface area contributed by atoms with E-state index in [1.165, 1.54) is 12.8 Å². The van der Waals surface area contributed by atoms with E-state index in [2.05, 4.69) is 0 Å². The molecule has 4 nitrogen and oxygen atoms in total. The number of nitrogens with two attached hydrogens (primary N) is 1. The summed E-state index contributed by atoms with van der Waals surface area (Å²) in [5.74, 6) is 1.26. The van der Waals surface area contributed by atoms with E-state index in [0.29, 0.717) is 12.5 Å². The normalized spacial score (nSPS) is 25.0. The van der Waals surface area contributed by atoms with Crippen LogP contribution in [0, 0.1) is 11.8 Å². The molecule has 120 valence electrons. The zero-order chi connectivity index (χ0) is 15.5. The Labute approximate surface area is 132 Å². The molecule has 0 heterocycles. The summed E-state index contributed by atoms with van der Waals surface area (Å²) in [6, 6.07) is 7.39. The van der Waals surface area contributed by atoms with Crippen LogP contribution in [0.15, 0.2) is 24.3 Å². The molecule has 1 aromatic rings. The zero-order valence-corrected chi connectivity index (χ0v) is 13.1. The highest BCUT2D eigenvalue weighted by Gasteiger charge is 2.32. The van der Waals surface area contributed by atoms with Crippen LogP contribution in [-0.4, -0.2) is 28.5 Å². The minimum atomic E-state index is 0.0832. The molecule has 2 atom stereocenters. The van der Waals surface area contributed by atoms with Gasteiger partial charge in [-0.1, -0.05) is 18.6 Å². The summed E-state index contributed by atoms with van der Waals surface area (Å²) >= 11 is 0. The fourth-order valence-corrected chi connectivity index (χ4v) is 3.43. The van der Waals surface area contributed by atoms with Crippen molar-refractivity contribution in [2.24, 2.45) is 17.6 Å². The maximum Gasteiger partial charge on any atom is 0.226 e. The number of phenols is 1. The Kier molecular flexibility index (Phi) is 4.67. The number of phenolic OH excluding ortho intramolecular Hbond substituents is 1. The van der Waals surface area contributed by atoms with Gasteiger partial charge in [-0.3, -0.25) is 4.79 Å². The van der Waals surface area contributed by atoms with E-state index in [4.69, 9.17) is 5.73 Å². The smallest absolute Gasteiger partial charge is 0.226 e. The Bertz CT molecular complexity index is 528. The molecule has 0 bridgehead atoms. The monoisotopic (exact) mass is 302 g/mol. The summed E-state index contributed by atoms with van der Waals surface area (Å²) in [6.07, 6.45) is 6.34. The number of amides is 1. The van der Waals surface area contributed by atoms with E-state index in [0.717, 1.165) is 37.8 Å². The minimum absolute atomic E-state index is 0.0832. The fraction of sp³-hybridized carbons (Fsp3) is 0.611. The molecule has 0 saturated heterocycles. The summed E-state index contributed by atoms with van der Waals surface area (Å²) in [6.45, 7) is 1.44. The third kappa shape index (κ3) is 4.01. The van der Waals surface area contributed by atoms with Gasteiger partial charge in [-0.25, -0.2) is 0 Å². The van der Waals surface area contributed by atoms with Crippen molar-refractivity contribution in [1.82, 2.24) is 4.90 Å². The highest BCUT2D eigenvalue weighted by molar-refractivity contribution is 5.79. The lowest BCUT2D eigenvalue weighted by Crippen LogP contribution is -2.41. The molecule has 0 aliphatic heterocycles. The van der Waals surface area contributed by atoms with Crippen molar-refractivity contribution in [2.75, 3.05) is 6.54 Å². The lowest BCUT2D eigenvalue weighted by atomic mass is 9.85. The summed E-state index contributed by atoms with van der Waals surface area (Å²) in [5, 5.41) is 9.62. The molecular weight excluding hydrogens is 276 g/mol. The number of hydrogen-bond donors (Lipinski definition) is 2. The van der Waals surface area contributed by atoms with Crippen molar-refractivity contribution < 1.29 is 9.90 Å². The molecule has 0 spiro atoms. The van der Waals surface area contributed by atoms with Gasteiger partial charge in [0, 0.05) is 25.0 Å². The van der Waals surface area contributed by atoms with Gasteiger partial charge in [-0.2, -0.15) is 0 Å². The average molecular weight is 302 g/mol. The van der Waals surface area contributed by atoms with Crippen molar-refractivity contribution >= 4 is 5.91 Å². The molecule has 3 N–H and O–H groups in total. The van der Waals surface area contributed by atoms with E-state index >= 15 is 0 Å². The van der Waals surface area contributed by atoms with Crippen LogP contribution in [-0.2, 0) is 11.3 Å². The van der Waals surface area contributed by atoms with Gasteiger partial charge < -0.3 is 15.7 Å². The van der Waals surface area contributed by atoms with Crippen molar-refractivity contribution in [3.63, 3.8) is 0 Å². The minimum Gasteiger partial charge on any atom is -0.508 e. The van der Waals surface area contributed by atoms with E-state index in [1.54, 1.807) is 12.1 Å². The lowest BCUT2D eigenvalue weighted by molar-refractivity contribution is -0.137. The molecule has 2 aliphatic rings. The van der Waals surface area contributed by atoms with Crippen LogP contribution in [0.2, 0.25) is 0 Å². The van der Waals surface area contributed by atoms with Gasteiger partial charge in [0.25, 0.3) is 0 Å². The predicted octanol–water partition coefficient (Wildman–Crippen LogP) is 2.65. The summed E-state index contributed by atoms with van der Waals surface area (Å²) in [7, 11) is 0. The summed E-state index contributed by atoms with van der Waals surface area (Å²) < 4.78 is 0. The molecule has 2 saturated carbocycles. The highest BCUT2D eigenvalue weighted by atomic mass is 16.3.